The average molecular weight is 392 g/mol. The first kappa shape index (κ1) is 19.1. The van der Waals surface area contributed by atoms with Crippen LogP contribution in [0.1, 0.15) is 36.0 Å². The van der Waals surface area contributed by atoms with Crippen LogP contribution >= 0.6 is 0 Å². The second-order valence-corrected chi connectivity index (χ2v) is 7.49. The van der Waals surface area contributed by atoms with Gasteiger partial charge in [-0.2, -0.15) is 0 Å². The molecule has 2 aromatic rings. The lowest BCUT2D eigenvalue weighted by Crippen LogP contribution is -2.45. The number of aromatic nitrogens is 1. The van der Waals surface area contributed by atoms with Gasteiger partial charge >= 0.3 is 0 Å². The number of amides is 3. The second-order valence-electron chi connectivity index (χ2n) is 7.49. The molecule has 3 heterocycles. The number of piperidine rings is 1. The molecule has 29 heavy (non-hydrogen) atoms. The molecule has 4 rings (SSSR count). The van der Waals surface area contributed by atoms with Gasteiger partial charge in [-0.15, -0.1) is 0 Å². The summed E-state index contributed by atoms with van der Waals surface area (Å²) in [5, 5.41) is 0. The Balaban J connectivity index is 1.37. The molecular formula is C22H24N4O3. The van der Waals surface area contributed by atoms with Crippen LogP contribution in [0.15, 0.2) is 48.7 Å². The van der Waals surface area contributed by atoms with Gasteiger partial charge in [-0.25, -0.2) is 4.98 Å². The van der Waals surface area contributed by atoms with E-state index in [0.29, 0.717) is 30.4 Å². The fourth-order valence-corrected chi connectivity index (χ4v) is 4.01. The fourth-order valence-electron chi connectivity index (χ4n) is 4.01. The maximum absolute atomic E-state index is 12.9. The van der Waals surface area contributed by atoms with Crippen LogP contribution in [0.4, 0.5) is 11.5 Å². The summed E-state index contributed by atoms with van der Waals surface area (Å²) in [6.07, 6.45) is 4.06. The smallest absolute Gasteiger partial charge is 0.253 e. The van der Waals surface area contributed by atoms with Crippen molar-refractivity contribution in [2.45, 2.75) is 31.7 Å². The predicted molar refractivity (Wildman–Crippen MR) is 110 cm³/mol. The minimum absolute atomic E-state index is 0.0189. The van der Waals surface area contributed by atoms with Crippen molar-refractivity contribution >= 4 is 29.2 Å². The summed E-state index contributed by atoms with van der Waals surface area (Å²) in [7, 11) is 2.05. The van der Waals surface area contributed by atoms with Crippen molar-refractivity contribution in [2.24, 2.45) is 0 Å². The predicted octanol–water partition coefficient (Wildman–Crippen LogP) is 2.48. The molecule has 7 heteroatoms. The maximum Gasteiger partial charge on any atom is 0.253 e. The summed E-state index contributed by atoms with van der Waals surface area (Å²) < 4.78 is 0. The van der Waals surface area contributed by atoms with Crippen LogP contribution < -0.4 is 9.80 Å². The molecule has 0 unspecified atom stereocenters. The van der Waals surface area contributed by atoms with Gasteiger partial charge in [-0.05, 0) is 49.2 Å². The third-order valence-corrected chi connectivity index (χ3v) is 5.73. The molecule has 1 aromatic heterocycles. The number of carbonyl (C=O) groups is 3. The number of hydrogen-bond acceptors (Lipinski definition) is 5. The standard InChI is InChI=1S/C22H24N4O3/c1-24(19-4-2-3-13-23-19)17-11-14-25(15-12-17)22(29)16-5-7-18(8-6-16)26-20(27)9-10-21(26)28/h2-8,13,17H,9-12,14-15H2,1H3. The summed E-state index contributed by atoms with van der Waals surface area (Å²) in [6.45, 7) is 1.37. The Bertz CT molecular complexity index is 889. The Morgan fingerprint density at radius 3 is 2.24 bits per heavy atom. The molecule has 2 saturated heterocycles. The molecule has 0 N–H and O–H groups in total. The topological polar surface area (TPSA) is 73.8 Å². The van der Waals surface area contributed by atoms with Gasteiger partial charge in [0.15, 0.2) is 0 Å². The normalized spacial score (nSPS) is 17.7. The largest absolute Gasteiger partial charge is 0.357 e. The lowest BCUT2D eigenvalue weighted by Gasteiger charge is -2.37. The van der Waals surface area contributed by atoms with Gasteiger partial charge in [-0.3, -0.25) is 19.3 Å². The highest BCUT2D eigenvalue weighted by molar-refractivity contribution is 6.19. The van der Waals surface area contributed by atoms with Crippen molar-refractivity contribution in [1.82, 2.24) is 9.88 Å². The van der Waals surface area contributed by atoms with Gasteiger partial charge in [0, 0.05) is 50.8 Å². The van der Waals surface area contributed by atoms with Crippen LogP contribution in [0.2, 0.25) is 0 Å². The number of imide groups is 1. The molecule has 0 radical (unpaired) electrons. The fraction of sp³-hybridized carbons (Fsp3) is 0.364. The number of anilines is 2. The van der Waals surface area contributed by atoms with Crippen LogP contribution in [-0.4, -0.2) is 53.8 Å². The molecule has 2 aliphatic rings. The Morgan fingerprint density at radius 2 is 1.66 bits per heavy atom. The Morgan fingerprint density at radius 1 is 1.00 bits per heavy atom. The van der Waals surface area contributed by atoms with Gasteiger partial charge in [0.05, 0.1) is 5.69 Å². The van der Waals surface area contributed by atoms with Gasteiger partial charge in [0.2, 0.25) is 11.8 Å². The average Bonchev–Trinajstić information content (AvgIpc) is 3.11. The monoisotopic (exact) mass is 392 g/mol. The Labute approximate surface area is 169 Å². The van der Waals surface area contributed by atoms with Crippen LogP contribution in [0, 0.1) is 0 Å². The zero-order valence-corrected chi connectivity index (χ0v) is 16.5. The van der Waals surface area contributed by atoms with E-state index in [1.54, 1.807) is 30.5 Å². The quantitative estimate of drug-likeness (QED) is 0.748. The summed E-state index contributed by atoms with van der Waals surface area (Å²) in [5.74, 6) is 0.551. The van der Waals surface area contributed by atoms with Crippen LogP contribution in [0.25, 0.3) is 0 Å². The van der Waals surface area contributed by atoms with E-state index in [1.807, 2.05) is 30.1 Å². The molecule has 0 saturated carbocycles. The van der Waals surface area contributed by atoms with Crippen LogP contribution in [0.5, 0.6) is 0 Å². The van der Waals surface area contributed by atoms with Crippen molar-refractivity contribution in [1.29, 1.82) is 0 Å². The molecule has 1 aromatic carbocycles. The molecule has 0 spiro atoms. The highest BCUT2D eigenvalue weighted by Gasteiger charge is 2.31. The molecule has 0 aliphatic carbocycles. The zero-order chi connectivity index (χ0) is 20.4. The van der Waals surface area contributed by atoms with E-state index < -0.39 is 0 Å². The van der Waals surface area contributed by atoms with Gasteiger partial charge in [0.1, 0.15) is 5.82 Å². The number of carbonyl (C=O) groups excluding carboxylic acids is 3. The maximum atomic E-state index is 12.9. The number of hydrogen-bond donors (Lipinski definition) is 0. The molecule has 2 fully saturated rings. The molecule has 7 nitrogen and oxygen atoms in total. The SMILES string of the molecule is CN(c1ccccn1)C1CCN(C(=O)c2ccc(N3C(=O)CCC3=O)cc2)CC1. The lowest BCUT2D eigenvalue weighted by molar-refractivity contribution is -0.121. The molecule has 150 valence electrons. The second kappa shape index (κ2) is 8.03. The molecule has 0 atom stereocenters. The van der Waals surface area contributed by atoms with Crippen LogP contribution in [0.3, 0.4) is 0 Å². The first-order chi connectivity index (χ1) is 14.0. The van der Waals surface area contributed by atoms with Crippen molar-refractivity contribution in [3.8, 4) is 0 Å². The van der Waals surface area contributed by atoms with Crippen molar-refractivity contribution in [2.75, 3.05) is 29.9 Å². The Hall–Kier alpha value is -3.22. The first-order valence-corrected chi connectivity index (χ1v) is 9.93. The lowest BCUT2D eigenvalue weighted by atomic mass is 10.0. The highest BCUT2D eigenvalue weighted by atomic mass is 16.2. The number of benzene rings is 1. The summed E-state index contributed by atoms with van der Waals surface area (Å²) in [4.78, 5) is 46.2. The zero-order valence-electron chi connectivity index (χ0n) is 16.5. The third kappa shape index (κ3) is 3.85. The van der Waals surface area contributed by atoms with Gasteiger partial charge in [0.25, 0.3) is 5.91 Å². The molecular weight excluding hydrogens is 368 g/mol. The minimum Gasteiger partial charge on any atom is -0.357 e. The molecule has 2 aliphatic heterocycles. The van der Waals surface area contributed by atoms with Crippen molar-refractivity contribution in [3.05, 3.63) is 54.2 Å². The van der Waals surface area contributed by atoms with E-state index in [0.717, 1.165) is 18.7 Å². The number of nitrogens with zero attached hydrogens (tertiary/aromatic N) is 4. The van der Waals surface area contributed by atoms with Crippen molar-refractivity contribution in [3.63, 3.8) is 0 Å². The first-order valence-electron chi connectivity index (χ1n) is 9.93. The van der Waals surface area contributed by atoms with Gasteiger partial charge < -0.3 is 9.80 Å². The molecule has 3 amide bonds. The third-order valence-electron chi connectivity index (χ3n) is 5.73. The van der Waals surface area contributed by atoms with E-state index in [9.17, 15) is 14.4 Å². The number of likely N-dealkylation sites (tertiary alicyclic amines) is 1. The van der Waals surface area contributed by atoms with E-state index in [1.165, 1.54) is 4.90 Å². The summed E-state index contributed by atoms with van der Waals surface area (Å²) in [6, 6.07) is 13.0. The Kier molecular flexibility index (Phi) is 5.29. The van der Waals surface area contributed by atoms with E-state index in [2.05, 4.69) is 9.88 Å². The van der Waals surface area contributed by atoms with E-state index in [4.69, 9.17) is 0 Å². The summed E-state index contributed by atoms with van der Waals surface area (Å²) in [5.41, 5.74) is 1.11. The molecule has 0 bridgehead atoms. The van der Waals surface area contributed by atoms with E-state index in [-0.39, 0.29) is 30.6 Å². The summed E-state index contributed by atoms with van der Waals surface area (Å²) >= 11 is 0. The minimum atomic E-state index is -0.187. The number of pyridine rings is 1. The number of rotatable bonds is 4. The van der Waals surface area contributed by atoms with Crippen LogP contribution in [-0.2, 0) is 9.59 Å². The van der Waals surface area contributed by atoms with E-state index >= 15 is 0 Å². The highest BCUT2D eigenvalue weighted by Crippen LogP contribution is 2.25. The van der Waals surface area contributed by atoms with Gasteiger partial charge in [-0.1, -0.05) is 6.07 Å². The van der Waals surface area contributed by atoms with Crippen molar-refractivity contribution < 1.29 is 14.4 Å².